The van der Waals surface area contributed by atoms with Gasteiger partial charge in [0.05, 0.1) is 0 Å². The Kier molecular flexibility index (Phi) is 4.82. The zero-order chi connectivity index (χ0) is 14.8. The molecule has 7 heteroatoms. The summed E-state index contributed by atoms with van der Waals surface area (Å²) in [6.07, 6.45) is 3.66. The fraction of sp³-hybridized carbons (Fsp3) is 0.769. The number of hydrogen-bond acceptors (Lipinski definition) is 3. The van der Waals surface area contributed by atoms with Crippen LogP contribution in [0.4, 0.5) is 0 Å². The van der Waals surface area contributed by atoms with E-state index >= 15 is 0 Å². The molecule has 6 nitrogen and oxygen atoms in total. The number of piperidine rings is 1. The molecule has 1 aliphatic rings. The summed E-state index contributed by atoms with van der Waals surface area (Å²) in [5.41, 5.74) is 1.02. The minimum Gasteiger partial charge on any atom is -0.346 e. The van der Waals surface area contributed by atoms with Crippen molar-refractivity contribution in [1.29, 1.82) is 0 Å². The number of hydrogen-bond donors (Lipinski definition) is 1. The minimum atomic E-state index is -3.33. The molecule has 1 saturated heterocycles. The zero-order valence-electron chi connectivity index (χ0n) is 12.5. The number of nitrogens with zero attached hydrogens (tertiary/aromatic N) is 3. The summed E-state index contributed by atoms with van der Waals surface area (Å²) in [6, 6.07) is 0. The highest BCUT2D eigenvalue weighted by molar-refractivity contribution is 7.86. The molecular weight excluding hydrogens is 276 g/mol. The zero-order valence-corrected chi connectivity index (χ0v) is 13.3. The van der Waals surface area contributed by atoms with Gasteiger partial charge in [0.1, 0.15) is 5.82 Å². The normalized spacial score (nSPS) is 21.5. The van der Waals surface area contributed by atoms with E-state index in [0.29, 0.717) is 26.2 Å². The summed E-state index contributed by atoms with van der Waals surface area (Å²) in [5, 5.41) is 0. The van der Waals surface area contributed by atoms with Gasteiger partial charge in [0, 0.05) is 44.0 Å². The van der Waals surface area contributed by atoms with Gasteiger partial charge in [-0.3, -0.25) is 0 Å². The van der Waals surface area contributed by atoms with Crippen molar-refractivity contribution in [3.8, 4) is 0 Å². The Hall–Kier alpha value is -0.920. The highest BCUT2D eigenvalue weighted by atomic mass is 32.2. The van der Waals surface area contributed by atoms with E-state index in [1.54, 1.807) is 10.5 Å². The van der Waals surface area contributed by atoms with Crippen molar-refractivity contribution in [2.45, 2.75) is 39.5 Å². The first-order valence-corrected chi connectivity index (χ1v) is 8.65. The van der Waals surface area contributed by atoms with Crippen molar-refractivity contribution in [2.75, 3.05) is 26.2 Å². The van der Waals surface area contributed by atoms with E-state index in [1.807, 2.05) is 20.8 Å². The fourth-order valence-electron chi connectivity index (χ4n) is 2.73. The molecule has 0 unspecified atom stereocenters. The quantitative estimate of drug-likeness (QED) is 0.895. The van der Waals surface area contributed by atoms with Gasteiger partial charge in [-0.1, -0.05) is 13.8 Å². The first kappa shape index (κ1) is 15.5. The molecule has 0 saturated carbocycles. The number of H-pyrrole nitrogens is 1. The van der Waals surface area contributed by atoms with Crippen LogP contribution < -0.4 is 0 Å². The van der Waals surface area contributed by atoms with Crippen LogP contribution in [0.3, 0.4) is 0 Å². The highest BCUT2D eigenvalue weighted by Crippen LogP contribution is 2.27. The predicted octanol–water partition coefficient (Wildman–Crippen LogP) is 1.48. The lowest BCUT2D eigenvalue weighted by Crippen LogP contribution is -2.47. The van der Waals surface area contributed by atoms with E-state index < -0.39 is 10.2 Å². The molecular formula is C13H24N4O2S. The molecule has 1 atom stereocenters. The lowest BCUT2D eigenvalue weighted by Gasteiger charge is -2.34. The van der Waals surface area contributed by atoms with Gasteiger partial charge in [0.25, 0.3) is 10.2 Å². The van der Waals surface area contributed by atoms with Gasteiger partial charge < -0.3 is 4.98 Å². The molecule has 1 aromatic rings. The number of rotatable bonds is 5. The first-order chi connectivity index (χ1) is 9.48. The van der Waals surface area contributed by atoms with Gasteiger partial charge >= 0.3 is 0 Å². The lowest BCUT2D eigenvalue weighted by molar-refractivity contribution is 0.283. The highest BCUT2D eigenvalue weighted by Gasteiger charge is 2.33. The van der Waals surface area contributed by atoms with E-state index in [0.717, 1.165) is 24.4 Å². The summed E-state index contributed by atoms with van der Waals surface area (Å²) in [6.45, 7) is 7.86. The van der Waals surface area contributed by atoms with E-state index in [9.17, 15) is 8.42 Å². The molecule has 0 bridgehead atoms. The van der Waals surface area contributed by atoms with Crippen LogP contribution in [0.5, 0.6) is 0 Å². The van der Waals surface area contributed by atoms with Gasteiger partial charge in [-0.25, -0.2) is 4.98 Å². The van der Waals surface area contributed by atoms with Gasteiger partial charge in [-0.15, -0.1) is 0 Å². The number of aromatic amines is 1. The second kappa shape index (κ2) is 6.24. The van der Waals surface area contributed by atoms with Crippen molar-refractivity contribution in [2.24, 2.45) is 0 Å². The first-order valence-electron chi connectivity index (χ1n) is 7.25. The molecule has 2 rings (SSSR count). The van der Waals surface area contributed by atoms with Gasteiger partial charge in [-0.05, 0) is 19.8 Å². The summed E-state index contributed by atoms with van der Waals surface area (Å²) in [7, 11) is -3.33. The predicted molar refractivity (Wildman–Crippen MR) is 78.7 cm³/mol. The number of aromatic nitrogens is 2. The Bertz CT molecular complexity index is 536. The van der Waals surface area contributed by atoms with Crippen molar-refractivity contribution in [3.63, 3.8) is 0 Å². The van der Waals surface area contributed by atoms with Crippen LogP contribution in [0, 0.1) is 6.92 Å². The Morgan fingerprint density at radius 3 is 2.70 bits per heavy atom. The molecule has 1 aromatic heterocycles. The molecule has 1 fully saturated rings. The number of imidazole rings is 1. The van der Waals surface area contributed by atoms with Crippen LogP contribution in [0.1, 0.15) is 44.1 Å². The second-order valence-corrected chi connectivity index (χ2v) is 7.17. The molecule has 0 spiro atoms. The Labute approximate surface area is 121 Å². The lowest BCUT2D eigenvalue weighted by atomic mass is 9.99. The third-order valence-corrected chi connectivity index (χ3v) is 6.00. The molecule has 0 aliphatic carbocycles. The Balaban J connectivity index is 2.14. The van der Waals surface area contributed by atoms with E-state index in [-0.39, 0.29) is 5.92 Å². The van der Waals surface area contributed by atoms with Gasteiger partial charge in [-0.2, -0.15) is 17.0 Å². The van der Waals surface area contributed by atoms with Crippen molar-refractivity contribution < 1.29 is 8.42 Å². The van der Waals surface area contributed by atoms with Gasteiger partial charge in [0.2, 0.25) is 0 Å². The third-order valence-electron chi connectivity index (χ3n) is 3.85. The van der Waals surface area contributed by atoms with Crippen LogP contribution in [-0.4, -0.2) is 53.2 Å². The topological polar surface area (TPSA) is 69.3 Å². The number of nitrogens with one attached hydrogen (secondary N) is 1. The fourth-order valence-corrected chi connectivity index (χ4v) is 4.44. The molecule has 0 amide bonds. The van der Waals surface area contributed by atoms with Crippen molar-refractivity contribution in [1.82, 2.24) is 18.6 Å². The Morgan fingerprint density at radius 2 is 2.15 bits per heavy atom. The Morgan fingerprint density at radius 1 is 1.45 bits per heavy atom. The summed E-state index contributed by atoms with van der Waals surface area (Å²) in [4.78, 5) is 7.58. The van der Waals surface area contributed by atoms with Crippen LogP contribution >= 0.6 is 0 Å². The minimum absolute atomic E-state index is 0.169. The van der Waals surface area contributed by atoms with Crippen molar-refractivity contribution >= 4 is 10.2 Å². The average Bonchev–Trinajstić information content (AvgIpc) is 2.87. The van der Waals surface area contributed by atoms with Crippen molar-refractivity contribution in [3.05, 3.63) is 17.7 Å². The molecule has 0 aromatic carbocycles. The second-order valence-electron chi connectivity index (χ2n) is 5.24. The summed E-state index contributed by atoms with van der Waals surface area (Å²) < 4.78 is 28.2. The molecule has 114 valence electrons. The van der Waals surface area contributed by atoms with Crippen LogP contribution in [-0.2, 0) is 10.2 Å². The van der Waals surface area contributed by atoms with E-state index in [2.05, 4.69) is 9.97 Å². The molecule has 2 heterocycles. The smallest absolute Gasteiger partial charge is 0.281 e. The van der Waals surface area contributed by atoms with Crippen LogP contribution in [0.25, 0.3) is 0 Å². The third kappa shape index (κ3) is 3.05. The maximum absolute atomic E-state index is 12.6. The number of aryl methyl sites for hydroxylation is 1. The van der Waals surface area contributed by atoms with Gasteiger partial charge in [0.15, 0.2) is 0 Å². The van der Waals surface area contributed by atoms with Crippen LogP contribution in [0.2, 0.25) is 0 Å². The molecule has 20 heavy (non-hydrogen) atoms. The monoisotopic (exact) mass is 300 g/mol. The molecule has 1 aliphatic heterocycles. The maximum atomic E-state index is 12.6. The molecule has 0 radical (unpaired) electrons. The standard InChI is InChI=1S/C13H24N4O2S/c1-4-16(5-2)20(18,19)17-8-6-7-12(10-17)13-14-9-11(3)15-13/h9,12H,4-8,10H2,1-3H3,(H,14,15)/t12-/m1/s1. The van der Waals surface area contributed by atoms with E-state index in [4.69, 9.17) is 0 Å². The summed E-state index contributed by atoms with van der Waals surface area (Å²) >= 11 is 0. The SMILES string of the molecule is CCN(CC)S(=O)(=O)N1CCC[C@@H](c2ncc(C)[nH]2)C1. The average molecular weight is 300 g/mol. The largest absolute Gasteiger partial charge is 0.346 e. The maximum Gasteiger partial charge on any atom is 0.281 e. The molecule has 1 N–H and O–H groups in total. The summed E-state index contributed by atoms with van der Waals surface area (Å²) in [5.74, 6) is 1.07. The van der Waals surface area contributed by atoms with Crippen LogP contribution in [0.15, 0.2) is 6.20 Å². The van der Waals surface area contributed by atoms with E-state index in [1.165, 1.54) is 4.31 Å².